The van der Waals surface area contributed by atoms with E-state index in [9.17, 15) is 18.0 Å². The van der Waals surface area contributed by atoms with Crippen LogP contribution in [0.15, 0.2) is 42.9 Å². The van der Waals surface area contributed by atoms with Gasteiger partial charge in [0.15, 0.2) is 0 Å². The van der Waals surface area contributed by atoms with Crippen LogP contribution >= 0.6 is 0 Å². The van der Waals surface area contributed by atoms with Gasteiger partial charge in [-0.25, -0.2) is 0 Å². The summed E-state index contributed by atoms with van der Waals surface area (Å²) in [5.41, 5.74) is 1.20. The van der Waals surface area contributed by atoms with Crippen molar-refractivity contribution in [2.45, 2.75) is 44.9 Å². The molecule has 5 rings (SSSR count). The number of amides is 1. The number of carbonyl (C=O) groups excluding carboxylic acids is 1. The number of carbonyl (C=O) groups is 1. The number of likely N-dealkylation sites (tertiary alicyclic amines) is 1. The quantitative estimate of drug-likeness (QED) is 0.555. The zero-order valence-corrected chi connectivity index (χ0v) is 18.2. The molecule has 1 aliphatic carbocycles. The second-order valence-corrected chi connectivity index (χ2v) is 9.44. The summed E-state index contributed by atoms with van der Waals surface area (Å²) in [4.78, 5) is 19.3. The third kappa shape index (κ3) is 4.88. The lowest BCUT2D eigenvalue weighted by atomic mass is 9.80. The number of hydrogen-bond donors (Lipinski definition) is 2. The van der Waals surface area contributed by atoms with Crippen molar-refractivity contribution in [3.8, 4) is 0 Å². The van der Waals surface area contributed by atoms with Crippen molar-refractivity contribution in [3.63, 3.8) is 0 Å². The van der Waals surface area contributed by atoms with E-state index in [1.807, 2.05) is 6.07 Å². The average Bonchev–Trinajstić information content (AvgIpc) is 3.31. The molecule has 0 spiro atoms. The summed E-state index contributed by atoms with van der Waals surface area (Å²) in [7, 11) is 0. The zero-order valence-electron chi connectivity index (χ0n) is 18.2. The Kier molecular flexibility index (Phi) is 5.60. The third-order valence-electron chi connectivity index (χ3n) is 6.78. The van der Waals surface area contributed by atoms with E-state index in [2.05, 4.69) is 37.5 Å². The van der Waals surface area contributed by atoms with Crippen LogP contribution in [0.1, 0.15) is 42.4 Å². The van der Waals surface area contributed by atoms with Gasteiger partial charge in [0, 0.05) is 37.4 Å². The molecule has 174 valence electrons. The fraction of sp³-hybridized carbons (Fsp3) is 0.458. The summed E-state index contributed by atoms with van der Waals surface area (Å²) in [5, 5.41) is 11.0. The molecule has 2 aliphatic rings. The lowest BCUT2D eigenvalue weighted by Crippen LogP contribution is -2.43. The van der Waals surface area contributed by atoms with Crippen molar-refractivity contribution in [1.29, 1.82) is 0 Å². The van der Waals surface area contributed by atoms with E-state index >= 15 is 0 Å². The number of nitrogens with one attached hydrogen (secondary N) is 2. The monoisotopic (exact) mass is 457 g/mol. The van der Waals surface area contributed by atoms with Crippen LogP contribution < -0.4 is 5.32 Å². The fourth-order valence-corrected chi connectivity index (χ4v) is 4.87. The molecule has 1 saturated carbocycles. The minimum atomic E-state index is -4.45. The first-order chi connectivity index (χ1) is 15.8. The van der Waals surface area contributed by atoms with Gasteiger partial charge < -0.3 is 5.32 Å². The Morgan fingerprint density at radius 2 is 2.03 bits per heavy atom. The smallest absolute Gasteiger partial charge is 0.351 e. The molecule has 3 aromatic rings. The number of benzene rings is 1. The average molecular weight is 458 g/mol. The largest absolute Gasteiger partial charge is 0.417 e. The molecule has 1 unspecified atom stereocenters. The van der Waals surface area contributed by atoms with Crippen LogP contribution in [0.4, 0.5) is 13.2 Å². The molecule has 2 aromatic heterocycles. The Morgan fingerprint density at radius 1 is 1.18 bits per heavy atom. The van der Waals surface area contributed by atoms with Crippen molar-refractivity contribution in [2.75, 3.05) is 13.1 Å². The number of alkyl halides is 3. The van der Waals surface area contributed by atoms with Gasteiger partial charge in [0.1, 0.15) is 0 Å². The first kappa shape index (κ1) is 21.9. The Morgan fingerprint density at radius 3 is 2.82 bits per heavy atom. The number of aromatic amines is 1. The lowest BCUT2D eigenvalue weighted by molar-refractivity contribution is -0.137. The predicted molar refractivity (Wildman–Crippen MR) is 117 cm³/mol. The highest BCUT2D eigenvalue weighted by molar-refractivity contribution is 5.83. The molecule has 1 atom stereocenters. The molecule has 1 saturated heterocycles. The Bertz CT molecular complexity index is 1160. The Hall–Kier alpha value is -2.94. The fourth-order valence-electron chi connectivity index (χ4n) is 4.87. The van der Waals surface area contributed by atoms with E-state index in [0.29, 0.717) is 18.0 Å². The standard InChI is InChI=1S/C24H26F3N5O/c25-24(26,27)20-8-18(10-28-13-20)11-29-22(33)23(9-16-1-2-16)5-6-32(15-23)14-17-3-4-21-19(7-17)12-30-31-21/h3-4,7-8,10,12-13,16H,1-2,5-6,9,11,14-15H2,(H,29,33)(H,30,31). The first-order valence-corrected chi connectivity index (χ1v) is 11.2. The van der Waals surface area contributed by atoms with Crippen molar-refractivity contribution >= 4 is 16.8 Å². The summed E-state index contributed by atoms with van der Waals surface area (Å²) in [5.74, 6) is 0.493. The third-order valence-corrected chi connectivity index (χ3v) is 6.78. The molecule has 2 N–H and O–H groups in total. The second-order valence-electron chi connectivity index (χ2n) is 9.44. The van der Waals surface area contributed by atoms with Crippen molar-refractivity contribution in [2.24, 2.45) is 11.3 Å². The van der Waals surface area contributed by atoms with E-state index in [1.165, 1.54) is 11.8 Å². The number of nitrogens with zero attached hydrogens (tertiary/aromatic N) is 3. The summed E-state index contributed by atoms with van der Waals surface area (Å²) < 4.78 is 38.9. The highest BCUT2D eigenvalue weighted by atomic mass is 19.4. The number of halogens is 3. The van der Waals surface area contributed by atoms with E-state index in [4.69, 9.17) is 0 Å². The van der Waals surface area contributed by atoms with Gasteiger partial charge in [-0.05, 0) is 54.6 Å². The summed E-state index contributed by atoms with van der Waals surface area (Å²) in [6, 6.07) is 7.25. The Balaban J connectivity index is 1.26. The molecule has 0 radical (unpaired) electrons. The molecule has 1 amide bonds. The molecule has 0 bridgehead atoms. The predicted octanol–water partition coefficient (Wildman–Crippen LogP) is 4.29. The number of pyridine rings is 1. The van der Waals surface area contributed by atoms with E-state index < -0.39 is 17.2 Å². The maximum atomic E-state index is 13.3. The van der Waals surface area contributed by atoms with Crippen molar-refractivity contribution in [1.82, 2.24) is 25.4 Å². The van der Waals surface area contributed by atoms with Crippen LogP contribution in [0.5, 0.6) is 0 Å². The molecule has 6 nitrogen and oxygen atoms in total. The van der Waals surface area contributed by atoms with Gasteiger partial charge in [-0.1, -0.05) is 18.9 Å². The van der Waals surface area contributed by atoms with E-state index in [1.54, 1.807) is 6.20 Å². The van der Waals surface area contributed by atoms with Crippen molar-refractivity contribution in [3.05, 3.63) is 59.5 Å². The SMILES string of the molecule is O=C(NCc1cncc(C(F)(F)F)c1)C1(CC2CC2)CCN(Cc2ccc3[nH]ncc3c2)C1. The minimum absolute atomic E-state index is 0.0410. The van der Waals surface area contributed by atoms with Gasteiger partial charge >= 0.3 is 6.18 Å². The summed E-state index contributed by atoms with van der Waals surface area (Å²) in [6.07, 6.45) is 3.39. The minimum Gasteiger partial charge on any atom is -0.351 e. The highest BCUT2D eigenvalue weighted by Gasteiger charge is 2.47. The number of rotatable bonds is 7. The van der Waals surface area contributed by atoms with Crippen LogP contribution in [0.2, 0.25) is 0 Å². The van der Waals surface area contributed by atoms with Gasteiger partial charge in [-0.2, -0.15) is 18.3 Å². The topological polar surface area (TPSA) is 73.9 Å². The number of aromatic nitrogens is 3. The molecular formula is C24H26F3N5O. The highest BCUT2D eigenvalue weighted by Crippen LogP contribution is 2.45. The molecule has 33 heavy (non-hydrogen) atoms. The van der Waals surface area contributed by atoms with Gasteiger partial charge in [0.05, 0.1) is 22.7 Å². The van der Waals surface area contributed by atoms with Crippen LogP contribution in [0.3, 0.4) is 0 Å². The lowest BCUT2D eigenvalue weighted by Gasteiger charge is -2.28. The molecule has 1 aliphatic heterocycles. The molecule has 3 heterocycles. The zero-order chi connectivity index (χ0) is 23.1. The van der Waals surface area contributed by atoms with Crippen LogP contribution in [0, 0.1) is 11.3 Å². The van der Waals surface area contributed by atoms with Gasteiger partial charge in [-0.15, -0.1) is 0 Å². The number of fused-ring (bicyclic) bond motifs is 1. The van der Waals surface area contributed by atoms with Crippen LogP contribution in [-0.2, 0) is 24.1 Å². The molecular weight excluding hydrogens is 431 g/mol. The van der Waals surface area contributed by atoms with E-state index in [0.717, 1.165) is 61.9 Å². The summed E-state index contributed by atoms with van der Waals surface area (Å²) >= 11 is 0. The van der Waals surface area contributed by atoms with Crippen LogP contribution in [-0.4, -0.2) is 39.1 Å². The Labute approximate surface area is 189 Å². The maximum Gasteiger partial charge on any atom is 0.417 e. The first-order valence-electron chi connectivity index (χ1n) is 11.2. The van der Waals surface area contributed by atoms with Crippen LogP contribution in [0.25, 0.3) is 10.9 Å². The van der Waals surface area contributed by atoms with Gasteiger partial charge in [0.2, 0.25) is 5.91 Å². The van der Waals surface area contributed by atoms with Crippen molar-refractivity contribution < 1.29 is 18.0 Å². The van der Waals surface area contributed by atoms with E-state index in [-0.39, 0.29) is 12.5 Å². The number of hydrogen-bond acceptors (Lipinski definition) is 4. The maximum absolute atomic E-state index is 13.3. The van der Waals surface area contributed by atoms with Gasteiger partial charge in [0.25, 0.3) is 0 Å². The molecule has 1 aromatic carbocycles. The summed E-state index contributed by atoms with van der Waals surface area (Å²) in [6.45, 7) is 2.26. The normalized spacial score (nSPS) is 21.5. The second kappa shape index (κ2) is 8.44. The van der Waals surface area contributed by atoms with Gasteiger partial charge in [-0.3, -0.25) is 19.8 Å². The molecule has 2 fully saturated rings. The molecule has 9 heteroatoms. The number of H-pyrrole nitrogens is 1.